The third kappa shape index (κ3) is 60.4. The highest BCUT2D eigenvalue weighted by Crippen LogP contribution is 2.17. The van der Waals surface area contributed by atoms with Crippen molar-refractivity contribution < 1.29 is 28.6 Å². The standard InChI is InChI=1S/C67H124O6/c1-4-7-10-13-16-18-20-22-24-26-27-28-29-30-31-32-33-34-35-36-37-38-39-41-42-44-46-48-51-54-57-60-66(69)72-63-64(62-71-65(68)59-56-53-50-15-12-9-6-3)73-67(70)61-58-55-52-49-47-45-43-40-25-23-21-19-17-14-11-8-5-2/h20,22-23,25-27,64H,4-19,21,24,28-63H2,1-3H3/b22-20-,25-23-,27-26-. The zero-order valence-corrected chi connectivity index (χ0v) is 49.2. The molecule has 1 atom stereocenters. The van der Waals surface area contributed by atoms with Crippen LogP contribution in [0.25, 0.3) is 0 Å². The molecular formula is C67H124O6. The maximum atomic E-state index is 12.8. The predicted octanol–water partition coefficient (Wildman–Crippen LogP) is 22.0. The van der Waals surface area contributed by atoms with Crippen molar-refractivity contribution in [1.29, 1.82) is 0 Å². The van der Waals surface area contributed by atoms with Crippen molar-refractivity contribution in [1.82, 2.24) is 0 Å². The van der Waals surface area contributed by atoms with E-state index in [1.54, 1.807) is 0 Å². The molecule has 0 heterocycles. The lowest BCUT2D eigenvalue weighted by molar-refractivity contribution is -0.167. The summed E-state index contributed by atoms with van der Waals surface area (Å²) < 4.78 is 16.8. The van der Waals surface area contributed by atoms with Gasteiger partial charge in [-0.25, -0.2) is 0 Å². The summed E-state index contributed by atoms with van der Waals surface area (Å²) in [6.45, 7) is 6.63. The van der Waals surface area contributed by atoms with Crippen LogP contribution in [0.15, 0.2) is 36.5 Å². The lowest BCUT2D eigenvalue weighted by Crippen LogP contribution is -2.30. The van der Waals surface area contributed by atoms with Crippen LogP contribution in [0.5, 0.6) is 0 Å². The van der Waals surface area contributed by atoms with E-state index >= 15 is 0 Å². The molecule has 0 saturated carbocycles. The van der Waals surface area contributed by atoms with Crippen LogP contribution >= 0.6 is 0 Å². The first-order valence-electron chi connectivity index (χ1n) is 32.5. The fourth-order valence-corrected chi connectivity index (χ4v) is 9.71. The molecule has 0 rings (SSSR count). The van der Waals surface area contributed by atoms with E-state index < -0.39 is 6.10 Å². The maximum Gasteiger partial charge on any atom is 0.306 e. The first-order valence-corrected chi connectivity index (χ1v) is 32.5. The summed E-state index contributed by atoms with van der Waals surface area (Å²) in [7, 11) is 0. The van der Waals surface area contributed by atoms with E-state index in [0.29, 0.717) is 19.3 Å². The van der Waals surface area contributed by atoms with Crippen molar-refractivity contribution in [2.24, 2.45) is 0 Å². The monoisotopic (exact) mass is 1020 g/mol. The summed E-state index contributed by atoms with van der Waals surface area (Å²) in [5.41, 5.74) is 0. The molecule has 0 aromatic carbocycles. The highest BCUT2D eigenvalue weighted by atomic mass is 16.6. The number of carbonyl (C=O) groups excluding carboxylic acids is 3. The molecule has 0 radical (unpaired) electrons. The smallest absolute Gasteiger partial charge is 0.306 e. The van der Waals surface area contributed by atoms with Crippen molar-refractivity contribution in [3.8, 4) is 0 Å². The van der Waals surface area contributed by atoms with Gasteiger partial charge in [0.05, 0.1) is 0 Å². The summed E-state index contributed by atoms with van der Waals surface area (Å²) in [6.07, 6.45) is 76.2. The van der Waals surface area contributed by atoms with E-state index in [1.165, 1.54) is 250 Å². The third-order valence-corrected chi connectivity index (χ3v) is 14.6. The van der Waals surface area contributed by atoms with Gasteiger partial charge in [0.2, 0.25) is 0 Å². The number of carbonyl (C=O) groups is 3. The second-order valence-electron chi connectivity index (χ2n) is 22.0. The van der Waals surface area contributed by atoms with E-state index in [9.17, 15) is 14.4 Å². The van der Waals surface area contributed by atoms with Crippen LogP contribution in [0.1, 0.15) is 355 Å². The number of hydrogen-bond donors (Lipinski definition) is 0. The Morgan fingerprint density at radius 2 is 0.493 bits per heavy atom. The molecule has 0 aromatic rings. The molecule has 73 heavy (non-hydrogen) atoms. The molecule has 0 fully saturated rings. The summed E-state index contributed by atoms with van der Waals surface area (Å²) in [5, 5.41) is 0. The maximum absolute atomic E-state index is 12.8. The molecule has 1 unspecified atom stereocenters. The minimum atomic E-state index is -0.769. The molecule has 0 aliphatic carbocycles. The van der Waals surface area contributed by atoms with E-state index in [4.69, 9.17) is 14.2 Å². The fourth-order valence-electron chi connectivity index (χ4n) is 9.71. The predicted molar refractivity (Wildman–Crippen MR) is 316 cm³/mol. The van der Waals surface area contributed by atoms with Crippen molar-refractivity contribution in [3.63, 3.8) is 0 Å². The molecule has 0 aliphatic rings. The lowest BCUT2D eigenvalue weighted by Gasteiger charge is -2.18. The van der Waals surface area contributed by atoms with Crippen molar-refractivity contribution in [2.75, 3.05) is 13.2 Å². The van der Waals surface area contributed by atoms with Crippen LogP contribution in [0.2, 0.25) is 0 Å². The number of ether oxygens (including phenoxy) is 3. The molecule has 0 N–H and O–H groups in total. The topological polar surface area (TPSA) is 78.9 Å². The normalized spacial score (nSPS) is 12.2. The van der Waals surface area contributed by atoms with Gasteiger partial charge in [0, 0.05) is 19.3 Å². The van der Waals surface area contributed by atoms with Crippen LogP contribution < -0.4 is 0 Å². The number of rotatable bonds is 60. The molecule has 0 saturated heterocycles. The Hall–Kier alpha value is -2.37. The van der Waals surface area contributed by atoms with Crippen molar-refractivity contribution >= 4 is 17.9 Å². The van der Waals surface area contributed by atoms with Gasteiger partial charge in [-0.05, 0) is 77.0 Å². The number of unbranched alkanes of at least 4 members (excludes halogenated alkanes) is 43. The number of esters is 3. The Labute approximate surface area is 455 Å². The Balaban J connectivity index is 4.00. The van der Waals surface area contributed by atoms with Gasteiger partial charge in [-0.1, -0.05) is 295 Å². The van der Waals surface area contributed by atoms with Gasteiger partial charge >= 0.3 is 17.9 Å². The van der Waals surface area contributed by atoms with E-state index in [1.807, 2.05) is 0 Å². The minimum Gasteiger partial charge on any atom is -0.462 e. The SMILES string of the molecule is CCCCCCC/C=C\C/C=C\CCCCCCCCCCCCCCCCCCCCCC(=O)OCC(COC(=O)CCCCCCCCC)OC(=O)CCCCCCCCC/C=C\CCCCCCCC. The molecule has 0 spiro atoms. The highest BCUT2D eigenvalue weighted by molar-refractivity contribution is 5.71. The zero-order valence-electron chi connectivity index (χ0n) is 49.2. The molecule has 6 nitrogen and oxygen atoms in total. The van der Waals surface area contributed by atoms with Crippen molar-refractivity contribution in [2.45, 2.75) is 361 Å². The highest BCUT2D eigenvalue weighted by Gasteiger charge is 2.19. The van der Waals surface area contributed by atoms with Gasteiger partial charge < -0.3 is 14.2 Å². The van der Waals surface area contributed by atoms with Crippen LogP contribution in [-0.4, -0.2) is 37.2 Å². The molecule has 0 bridgehead atoms. The average molecular weight is 1030 g/mol. The average Bonchev–Trinajstić information content (AvgIpc) is 3.39. The van der Waals surface area contributed by atoms with Crippen LogP contribution in [0.4, 0.5) is 0 Å². The van der Waals surface area contributed by atoms with E-state index in [2.05, 4.69) is 57.2 Å². The van der Waals surface area contributed by atoms with Gasteiger partial charge in [0.25, 0.3) is 0 Å². The van der Waals surface area contributed by atoms with Crippen LogP contribution in [0.3, 0.4) is 0 Å². The molecule has 0 aromatic heterocycles. The van der Waals surface area contributed by atoms with Gasteiger partial charge in [0.15, 0.2) is 6.10 Å². The molecule has 6 heteroatoms. The zero-order chi connectivity index (χ0) is 52.9. The van der Waals surface area contributed by atoms with Gasteiger partial charge in [0.1, 0.15) is 13.2 Å². The molecule has 0 aliphatic heterocycles. The second kappa shape index (κ2) is 62.2. The number of allylic oxidation sites excluding steroid dienone is 6. The molecule has 428 valence electrons. The van der Waals surface area contributed by atoms with Crippen LogP contribution in [-0.2, 0) is 28.6 Å². The summed E-state index contributed by atoms with van der Waals surface area (Å²) in [4.78, 5) is 38.0. The second-order valence-corrected chi connectivity index (χ2v) is 22.0. The van der Waals surface area contributed by atoms with E-state index in [0.717, 1.165) is 64.2 Å². The Morgan fingerprint density at radius 3 is 0.767 bits per heavy atom. The van der Waals surface area contributed by atoms with Crippen molar-refractivity contribution in [3.05, 3.63) is 36.5 Å². The quantitative estimate of drug-likeness (QED) is 0.0261. The summed E-state index contributed by atoms with van der Waals surface area (Å²) in [5.74, 6) is -0.860. The van der Waals surface area contributed by atoms with Gasteiger partial charge in [-0.3, -0.25) is 14.4 Å². The first-order chi connectivity index (χ1) is 36.0. The van der Waals surface area contributed by atoms with Gasteiger partial charge in [-0.15, -0.1) is 0 Å². The molecular weight excluding hydrogens is 901 g/mol. The van der Waals surface area contributed by atoms with E-state index in [-0.39, 0.29) is 31.1 Å². The summed E-state index contributed by atoms with van der Waals surface area (Å²) >= 11 is 0. The minimum absolute atomic E-state index is 0.0691. The lowest BCUT2D eigenvalue weighted by atomic mass is 10.0. The first kappa shape index (κ1) is 70.6. The molecule has 0 amide bonds. The third-order valence-electron chi connectivity index (χ3n) is 14.6. The van der Waals surface area contributed by atoms with Gasteiger partial charge in [-0.2, -0.15) is 0 Å². The fraction of sp³-hybridized carbons (Fsp3) is 0.866. The Kier molecular flexibility index (Phi) is 60.2. The largest absolute Gasteiger partial charge is 0.462 e. The Bertz CT molecular complexity index is 1220. The Morgan fingerprint density at radius 1 is 0.274 bits per heavy atom. The summed E-state index contributed by atoms with van der Waals surface area (Å²) in [6, 6.07) is 0. The van der Waals surface area contributed by atoms with Crippen LogP contribution in [0, 0.1) is 0 Å². The number of hydrogen-bond acceptors (Lipinski definition) is 6.